The Morgan fingerprint density at radius 1 is 1.06 bits per heavy atom. The lowest BCUT2D eigenvalue weighted by Gasteiger charge is -2.41. The zero-order valence-corrected chi connectivity index (χ0v) is 20.4. The number of hydrogen-bond donors (Lipinski definition) is 0. The summed E-state index contributed by atoms with van der Waals surface area (Å²) < 4.78 is 24.9. The quantitative estimate of drug-likeness (QED) is 0.558. The van der Waals surface area contributed by atoms with Crippen LogP contribution in [0, 0.1) is 0 Å². The number of sulfone groups is 1. The fourth-order valence-electron chi connectivity index (χ4n) is 5.11. The van der Waals surface area contributed by atoms with E-state index in [0.717, 1.165) is 33.9 Å². The Labute approximate surface area is 199 Å². The standard InChI is InChI=1S/C25H29N3O3S2/c1-25(19-7-3-2-4-8-19,17-23-26-21-9-5-6-10-22(21)32-23)24(29)28-14-12-27(13-15-28)20-11-16-33(30,31)18-20/h2-10,20H,11-18H2,1H3. The van der Waals surface area contributed by atoms with Gasteiger partial charge in [-0.25, -0.2) is 13.4 Å². The highest BCUT2D eigenvalue weighted by Crippen LogP contribution is 2.34. The number of carbonyl (C=O) groups excluding carboxylic acids is 1. The molecule has 174 valence electrons. The molecule has 3 heterocycles. The first kappa shape index (κ1) is 22.5. The number of fused-ring (bicyclic) bond motifs is 1. The number of para-hydroxylation sites is 1. The Kier molecular flexibility index (Phi) is 6.01. The lowest BCUT2D eigenvalue weighted by Crippen LogP contribution is -2.56. The third-order valence-corrected chi connectivity index (χ3v) is 9.84. The van der Waals surface area contributed by atoms with Gasteiger partial charge in [0.2, 0.25) is 5.91 Å². The average molecular weight is 484 g/mol. The molecule has 8 heteroatoms. The fourth-order valence-corrected chi connectivity index (χ4v) is 7.99. The molecule has 2 unspecified atom stereocenters. The van der Waals surface area contributed by atoms with Crippen LogP contribution in [0.15, 0.2) is 54.6 Å². The second-order valence-electron chi connectivity index (χ2n) is 9.34. The number of benzene rings is 2. The molecule has 2 aromatic carbocycles. The van der Waals surface area contributed by atoms with Gasteiger partial charge in [-0.2, -0.15) is 0 Å². The van der Waals surface area contributed by atoms with E-state index in [0.29, 0.717) is 25.9 Å². The third-order valence-electron chi connectivity index (χ3n) is 7.05. The van der Waals surface area contributed by atoms with Crippen molar-refractivity contribution in [3.63, 3.8) is 0 Å². The molecule has 0 radical (unpaired) electrons. The molecule has 2 aliphatic heterocycles. The summed E-state index contributed by atoms with van der Waals surface area (Å²) in [5.41, 5.74) is 1.26. The topological polar surface area (TPSA) is 70.6 Å². The maximum atomic E-state index is 14.0. The molecule has 0 aliphatic carbocycles. The molecule has 2 aliphatic rings. The van der Waals surface area contributed by atoms with Crippen LogP contribution in [-0.2, 0) is 26.5 Å². The number of aromatic nitrogens is 1. The van der Waals surface area contributed by atoms with Crippen LogP contribution in [0.1, 0.15) is 23.9 Å². The maximum absolute atomic E-state index is 14.0. The van der Waals surface area contributed by atoms with Gasteiger partial charge in [0.05, 0.1) is 32.1 Å². The van der Waals surface area contributed by atoms with Crippen LogP contribution in [0.2, 0.25) is 0 Å². The van der Waals surface area contributed by atoms with Gasteiger partial charge in [-0.05, 0) is 31.0 Å². The van der Waals surface area contributed by atoms with E-state index in [4.69, 9.17) is 4.98 Å². The molecule has 2 saturated heterocycles. The van der Waals surface area contributed by atoms with E-state index in [-0.39, 0.29) is 23.5 Å². The molecule has 1 aromatic heterocycles. The van der Waals surface area contributed by atoms with E-state index in [1.165, 1.54) is 0 Å². The molecule has 2 fully saturated rings. The summed E-state index contributed by atoms with van der Waals surface area (Å²) in [4.78, 5) is 23.0. The van der Waals surface area contributed by atoms with Crippen molar-refractivity contribution in [1.82, 2.24) is 14.8 Å². The molecular formula is C25H29N3O3S2. The van der Waals surface area contributed by atoms with E-state index in [9.17, 15) is 13.2 Å². The minimum atomic E-state index is -2.91. The number of amides is 1. The molecule has 6 nitrogen and oxygen atoms in total. The Morgan fingerprint density at radius 3 is 2.42 bits per heavy atom. The van der Waals surface area contributed by atoms with Crippen LogP contribution in [0.4, 0.5) is 0 Å². The molecule has 2 atom stereocenters. The summed E-state index contributed by atoms with van der Waals surface area (Å²) in [5.74, 6) is 0.650. The Balaban J connectivity index is 1.36. The van der Waals surface area contributed by atoms with E-state index in [1.54, 1.807) is 11.3 Å². The summed E-state index contributed by atoms with van der Waals surface area (Å²) in [6, 6.07) is 18.2. The predicted molar refractivity (Wildman–Crippen MR) is 132 cm³/mol. The largest absolute Gasteiger partial charge is 0.339 e. The first-order chi connectivity index (χ1) is 15.8. The molecular weight excluding hydrogens is 454 g/mol. The normalized spacial score (nSPS) is 22.9. The van der Waals surface area contributed by atoms with Gasteiger partial charge in [0.15, 0.2) is 9.84 Å². The highest BCUT2D eigenvalue weighted by Gasteiger charge is 2.41. The molecule has 0 bridgehead atoms. The summed E-state index contributed by atoms with van der Waals surface area (Å²) in [6.45, 7) is 4.72. The minimum Gasteiger partial charge on any atom is -0.339 e. The van der Waals surface area contributed by atoms with Crippen LogP contribution >= 0.6 is 11.3 Å². The zero-order chi connectivity index (χ0) is 23.1. The van der Waals surface area contributed by atoms with Gasteiger partial charge >= 0.3 is 0 Å². The molecule has 0 N–H and O–H groups in total. The summed E-state index contributed by atoms with van der Waals surface area (Å²) in [7, 11) is -2.91. The van der Waals surface area contributed by atoms with Gasteiger partial charge in [0.25, 0.3) is 0 Å². The van der Waals surface area contributed by atoms with Crippen molar-refractivity contribution < 1.29 is 13.2 Å². The van der Waals surface area contributed by atoms with Crippen molar-refractivity contribution in [2.75, 3.05) is 37.7 Å². The Bertz CT molecular complexity index is 1220. The van der Waals surface area contributed by atoms with Crippen LogP contribution < -0.4 is 0 Å². The third kappa shape index (κ3) is 4.56. The van der Waals surface area contributed by atoms with E-state index in [1.807, 2.05) is 60.4 Å². The van der Waals surface area contributed by atoms with Crippen LogP contribution in [-0.4, -0.2) is 72.8 Å². The second-order valence-corrected chi connectivity index (χ2v) is 12.7. The summed E-state index contributed by atoms with van der Waals surface area (Å²) in [6.07, 6.45) is 1.26. The SMILES string of the molecule is CC(Cc1nc2ccccc2s1)(C(=O)N1CCN(C2CCS(=O)(=O)C2)CC1)c1ccccc1. The number of nitrogens with zero attached hydrogens (tertiary/aromatic N) is 3. The van der Waals surface area contributed by atoms with Crippen molar-refractivity contribution in [3.8, 4) is 0 Å². The minimum absolute atomic E-state index is 0.0931. The maximum Gasteiger partial charge on any atom is 0.233 e. The van der Waals surface area contributed by atoms with Gasteiger partial charge in [-0.15, -0.1) is 11.3 Å². The predicted octanol–water partition coefficient (Wildman–Crippen LogP) is 3.13. The number of carbonyl (C=O) groups is 1. The molecule has 3 aromatic rings. The van der Waals surface area contributed by atoms with Gasteiger partial charge in [-0.3, -0.25) is 9.69 Å². The van der Waals surface area contributed by atoms with Crippen LogP contribution in [0.5, 0.6) is 0 Å². The van der Waals surface area contributed by atoms with Crippen LogP contribution in [0.3, 0.4) is 0 Å². The van der Waals surface area contributed by atoms with E-state index in [2.05, 4.69) is 11.0 Å². The average Bonchev–Trinajstić information content (AvgIpc) is 3.41. The highest BCUT2D eigenvalue weighted by molar-refractivity contribution is 7.91. The van der Waals surface area contributed by atoms with Gasteiger partial charge in [0, 0.05) is 38.6 Å². The lowest BCUT2D eigenvalue weighted by atomic mass is 9.78. The van der Waals surface area contributed by atoms with Gasteiger partial charge < -0.3 is 4.90 Å². The van der Waals surface area contributed by atoms with Gasteiger partial charge in [0.1, 0.15) is 0 Å². The summed E-state index contributed by atoms with van der Waals surface area (Å²) >= 11 is 1.65. The smallest absolute Gasteiger partial charge is 0.233 e. The van der Waals surface area contributed by atoms with E-state index >= 15 is 0 Å². The highest BCUT2D eigenvalue weighted by atomic mass is 32.2. The number of thiazole rings is 1. The molecule has 0 spiro atoms. The van der Waals surface area contributed by atoms with Crippen LogP contribution in [0.25, 0.3) is 10.2 Å². The first-order valence-electron chi connectivity index (χ1n) is 11.5. The van der Waals surface area contributed by atoms with E-state index < -0.39 is 15.3 Å². The number of piperazine rings is 1. The summed E-state index contributed by atoms with van der Waals surface area (Å²) in [5, 5.41) is 0.964. The molecule has 0 saturated carbocycles. The van der Waals surface area contributed by atoms with Gasteiger partial charge in [-0.1, -0.05) is 42.5 Å². The molecule has 1 amide bonds. The van der Waals surface area contributed by atoms with Crippen molar-refractivity contribution >= 4 is 37.3 Å². The monoisotopic (exact) mass is 483 g/mol. The Morgan fingerprint density at radius 2 is 1.76 bits per heavy atom. The van der Waals surface area contributed by atoms with Crippen molar-refractivity contribution in [1.29, 1.82) is 0 Å². The lowest BCUT2D eigenvalue weighted by molar-refractivity contribution is -0.139. The van der Waals surface area contributed by atoms with Crippen molar-refractivity contribution in [2.45, 2.75) is 31.2 Å². The first-order valence-corrected chi connectivity index (χ1v) is 14.1. The molecule has 33 heavy (non-hydrogen) atoms. The Hall–Kier alpha value is -2.29. The number of rotatable bonds is 5. The number of hydrogen-bond acceptors (Lipinski definition) is 6. The fraction of sp³-hybridized carbons (Fsp3) is 0.440. The second kappa shape index (κ2) is 8.81. The van der Waals surface area contributed by atoms with Crippen molar-refractivity contribution in [3.05, 3.63) is 65.2 Å². The van der Waals surface area contributed by atoms with Crippen molar-refractivity contribution in [2.24, 2.45) is 0 Å². The molecule has 5 rings (SSSR count). The zero-order valence-electron chi connectivity index (χ0n) is 18.8.